The number of carbonyl (C=O) groups excluding carboxylic acids is 1. The van der Waals surface area contributed by atoms with Crippen molar-refractivity contribution < 1.29 is 22.1 Å². The molecule has 0 bridgehead atoms. The van der Waals surface area contributed by atoms with Crippen LogP contribution in [0.25, 0.3) is 11.3 Å². The number of esters is 1. The third kappa shape index (κ3) is 4.65. The minimum absolute atomic E-state index is 0.0132. The second-order valence-corrected chi connectivity index (χ2v) is 8.30. The lowest BCUT2D eigenvalue weighted by molar-refractivity contribution is 0.0525. The molecule has 3 aromatic rings. The van der Waals surface area contributed by atoms with E-state index in [0.29, 0.717) is 5.56 Å². The van der Waals surface area contributed by atoms with Gasteiger partial charge in [0.15, 0.2) is 0 Å². The first-order chi connectivity index (χ1) is 14.2. The molecule has 3 rings (SSSR count). The molecule has 0 N–H and O–H groups in total. The Labute approximate surface area is 175 Å². The molecule has 0 saturated carbocycles. The van der Waals surface area contributed by atoms with Gasteiger partial charge in [0.05, 0.1) is 18.0 Å². The summed E-state index contributed by atoms with van der Waals surface area (Å²) < 4.78 is 35.6. The first-order valence-corrected chi connectivity index (χ1v) is 10.8. The van der Waals surface area contributed by atoms with Crippen LogP contribution < -0.4 is 4.18 Å². The van der Waals surface area contributed by atoms with Gasteiger partial charge in [0.2, 0.25) is 0 Å². The molecule has 0 radical (unpaired) electrons. The Morgan fingerprint density at radius 1 is 0.900 bits per heavy atom. The van der Waals surface area contributed by atoms with Crippen LogP contribution in [0.5, 0.6) is 6.01 Å². The fourth-order valence-electron chi connectivity index (χ4n) is 2.80. The third-order valence-electron chi connectivity index (χ3n) is 4.37. The van der Waals surface area contributed by atoms with Crippen molar-refractivity contribution in [2.75, 3.05) is 6.61 Å². The summed E-state index contributed by atoms with van der Waals surface area (Å²) in [5, 5.41) is 0. The standard InChI is InChI=1S/C22H22N2O5S/c1-5-28-21(25)19-16(4)23-22(24-20(19)17-10-6-14(2)7-11-17)29-30(26,27)18-12-8-15(3)9-13-18/h6-13H,5H2,1-4H3. The predicted molar refractivity (Wildman–Crippen MR) is 112 cm³/mol. The maximum Gasteiger partial charge on any atom is 0.342 e. The Balaban J connectivity index is 2.09. The van der Waals surface area contributed by atoms with E-state index in [4.69, 9.17) is 8.92 Å². The molecule has 30 heavy (non-hydrogen) atoms. The molecule has 0 aliphatic rings. The quantitative estimate of drug-likeness (QED) is 0.434. The van der Waals surface area contributed by atoms with Crippen molar-refractivity contribution in [3.63, 3.8) is 0 Å². The minimum Gasteiger partial charge on any atom is -0.462 e. The van der Waals surface area contributed by atoms with Crippen molar-refractivity contribution in [2.45, 2.75) is 32.6 Å². The predicted octanol–water partition coefficient (Wildman–Crippen LogP) is 4.01. The van der Waals surface area contributed by atoms with Gasteiger partial charge in [-0.05, 0) is 39.8 Å². The smallest absolute Gasteiger partial charge is 0.342 e. The molecule has 0 aliphatic heterocycles. The summed E-state index contributed by atoms with van der Waals surface area (Å²) in [5.41, 5.74) is 3.23. The number of rotatable bonds is 6. The molecule has 1 heterocycles. The maximum absolute atomic E-state index is 12.6. The van der Waals surface area contributed by atoms with Crippen LogP contribution in [0, 0.1) is 20.8 Å². The number of carbonyl (C=O) groups is 1. The van der Waals surface area contributed by atoms with Gasteiger partial charge < -0.3 is 8.92 Å². The molecule has 0 atom stereocenters. The molecular weight excluding hydrogens is 404 g/mol. The van der Waals surface area contributed by atoms with Crippen LogP contribution in [0.15, 0.2) is 53.4 Å². The van der Waals surface area contributed by atoms with Gasteiger partial charge in [-0.1, -0.05) is 47.5 Å². The van der Waals surface area contributed by atoms with Gasteiger partial charge in [-0.15, -0.1) is 0 Å². The molecule has 2 aromatic carbocycles. The third-order valence-corrected chi connectivity index (χ3v) is 5.59. The van der Waals surface area contributed by atoms with Gasteiger partial charge in [0, 0.05) is 5.56 Å². The summed E-state index contributed by atoms with van der Waals surface area (Å²) in [6.45, 7) is 7.25. The average molecular weight is 426 g/mol. The number of hydrogen-bond acceptors (Lipinski definition) is 7. The van der Waals surface area contributed by atoms with Crippen molar-refractivity contribution in [2.24, 2.45) is 0 Å². The number of benzene rings is 2. The van der Waals surface area contributed by atoms with Crippen LogP contribution >= 0.6 is 0 Å². The molecule has 0 unspecified atom stereocenters. The van der Waals surface area contributed by atoms with E-state index in [1.165, 1.54) is 12.1 Å². The van der Waals surface area contributed by atoms with E-state index in [2.05, 4.69) is 9.97 Å². The second-order valence-electron chi connectivity index (χ2n) is 6.75. The van der Waals surface area contributed by atoms with Crippen LogP contribution in [0.4, 0.5) is 0 Å². The Morgan fingerprint density at radius 2 is 1.47 bits per heavy atom. The zero-order chi connectivity index (χ0) is 21.9. The lowest BCUT2D eigenvalue weighted by atomic mass is 10.0. The highest BCUT2D eigenvalue weighted by molar-refractivity contribution is 7.87. The van der Waals surface area contributed by atoms with E-state index in [-0.39, 0.29) is 34.5 Å². The summed E-state index contributed by atoms with van der Waals surface area (Å²) in [6.07, 6.45) is 0. The van der Waals surface area contributed by atoms with Gasteiger partial charge in [-0.3, -0.25) is 0 Å². The summed E-state index contributed by atoms with van der Waals surface area (Å²) in [5.74, 6) is -0.585. The van der Waals surface area contributed by atoms with Crippen molar-refractivity contribution in [3.05, 3.63) is 70.9 Å². The molecule has 7 nitrogen and oxygen atoms in total. The Hall–Kier alpha value is -3.26. The Morgan fingerprint density at radius 3 is 2.03 bits per heavy atom. The van der Waals surface area contributed by atoms with E-state index in [1.807, 2.05) is 26.0 Å². The molecular formula is C22H22N2O5S. The zero-order valence-corrected chi connectivity index (χ0v) is 18.0. The van der Waals surface area contributed by atoms with Crippen molar-refractivity contribution in [1.82, 2.24) is 9.97 Å². The van der Waals surface area contributed by atoms with E-state index in [9.17, 15) is 13.2 Å². The largest absolute Gasteiger partial charge is 0.462 e. The summed E-state index contributed by atoms with van der Waals surface area (Å²) >= 11 is 0. The van der Waals surface area contributed by atoms with Gasteiger partial charge in [0.25, 0.3) is 0 Å². The summed E-state index contributed by atoms with van der Waals surface area (Å²) in [4.78, 5) is 20.8. The molecule has 0 fully saturated rings. The molecule has 0 spiro atoms. The number of aromatic nitrogens is 2. The average Bonchev–Trinajstić information content (AvgIpc) is 2.68. The fourth-order valence-corrected chi connectivity index (χ4v) is 3.64. The van der Waals surface area contributed by atoms with E-state index in [1.54, 1.807) is 38.1 Å². The number of ether oxygens (including phenoxy) is 1. The highest BCUT2D eigenvalue weighted by atomic mass is 32.2. The molecule has 1 aromatic heterocycles. The lowest BCUT2D eigenvalue weighted by Gasteiger charge is -2.13. The van der Waals surface area contributed by atoms with Gasteiger partial charge >= 0.3 is 22.1 Å². The summed E-state index contributed by atoms with van der Waals surface area (Å²) in [6, 6.07) is 13.2. The second kappa shape index (κ2) is 8.62. The van der Waals surface area contributed by atoms with Crippen LogP contribution in [0.1, 0.15) is 34.1 Å². The highest BCUT2D eigenvalue weighted by Gasteiger charge is 2.24. The van der Waals surface area contributed by atoms with E-state index >= 15 is 0 Å². The van der Waals surface area contributed by atoms with Crippen LogP contribution in [-0.2, 0) is 14.9 Å². The van der Waals surface area contributed by atoms with Gasteiger partial charge in [-0.2, -0.15) is 18.4 Å². The SMILES string of the molecule is CCOC(=O)c1c(C)nc(OS(=O)(=O)c2ccc(C)cc2)nc1-c1ccc(C)cc1. The number of nitrogens with zero attached hydrogens (tertiary/aromatic N) is 2. The molecule has 8 heteroatoms. The van der Waals surface area contributed by atoms with Crippen molar-refractivity contribution in [3.8, 4) is 17.3 Å². The highest BCUT2D eigenvalue weighted by Crippen LogP contribution is 2.28. The molecule has 0 aliphatic carbocycles. The van der Waals surface area contributed by atoms with Crippen LogP contribution in [-0.4, -0.2) is 31.0 Å². The van der Waals surface area contributed by atoms with Gasteiger partial charge in [-0.25, -0.2) is 4.79 Å². The molecule has 0 saturated heterocycles. The monoisotopic (exact) mass is 426 g/mol. The first-order valence-electron chi connectivity index (χ1n) is 9.35. The fraction of sp³-hybridized carbons (Fsp3) is 0.227. The first kappa shape index (κ1) is 21.4. The topological polar surface area (TPSA) is 95.5 Å². The number of hydrogen-bond donors (Lipinski definition) is 0. The van der Waals surface area contributed by atoms with E-state index in [0.717, 1.165) is 11.1 Å². The summed E-state index contributed by atoms with van der Waals surface area (Å²) in [7, 11) is -4.14. The van der Waals surface area contributed by atoms with Crippen molar-refractivity contribution in [1.29, 1.82) is 0 Å². The lowest BCUT2D eigenvalue weighted by Crippen LogP contribution is -2.16. The van der Waals surface area contributed by atoms with Crippen LogP contribution in [0.2, 0.25) is 0 Å². The van der Waals surface area contributed by atoms with Crippen molar-refractivity contribution >= 4 is 16.1 Å². The van der Waals surface area contributed by atoms with Crippen LogP contribution in [0.3, 0.4) is 0 Å². The van der Waals surface area contributed by atoms with Gasteiger partial charge in [0.1, 0.15) is 10.5 Å². The maximum atomic E-state index is 12.6. The molecule has 156 valence electrons. The zero-order valence-electron chi connectivity index (χ0n) is 17.2. The Bertz CT molecular complexity index is 1170. The minimum atomic E-state index is -4.14. The molecule has 0 amide bonds. The Kier molecular flexibility index (Phi) is 6.17. The normalized spacial score (nSPS) is 11.2. The van der Waals surface area contributed by atoms with E-state index < -0.39 is 16.1 Å². The number of aryl methyl sites for hydroxylation is 3.